The van der Waals surface area contributed by atoms with Gasteiger partial charge in [0.05, 0.1) is 16.9 Å². The van der Waals surface area contributed by atoms with Crippen molar-refractivity contribution in [3.8, 4) is 0 Å². The molecule has 9 heteroatoms. The van der Waals surface area contributed by atoms with E-state index >= 15 is 0 Å². The Labute approximate surface area is 172 Å². The van der Waals surface area contributed by atoms with Gasteiger partial charge < -0.3 is 15.6 Å². The zero-order valence-corrected chi connectivity index (χ0v) is 17.8. The molecule has 3 N–H and O–H groups in total. The summed E-state index contributed by atoms with van der Waals surface area (Å²) < 4.78 is 0. The molecule has 0 aromatic carbocycles. The van der Waals surface area contributed by atoms with Crippen molar-refractivity contribution in [1.82, 2.24) is 14.9 Å². The molecule has 4 rings (SSSR count). The van der Waals surface area contributed by atoms with Crippen LogP contribution in [-0.4, -0.2) is 46.2 Å². The van der Waals surface area contributed by atoms with E-state index in [1.807, 2.05) is 4.90 Å². The summed E-state index contributed by atoms with van der Waals surface area (Å²) in [6, 6.07) is 0. The van der Waals surface area contributed by atoms with Crippen LogP contribution < -0.4 is 11.3 Å². The van der Waals surface area contributed by atoms with Gasteiger partial charge >= 0.3 is 0 Å². The molecule has 27 heavy (non-hydrogen) atoms. The van der Waals surface area contributed by atoms with Crippen LogP contribution in [0.25, 0.3) is 10.2 Å². The van der Waals surface area contributed by atoms with Gasteiger partial charge in [0, 0.05) is 18.0 Å². The molecule has 0 spiro atoms. The molecule has 0 radical (unpaired) electrons. The van der Waals surface area contributed by atoms with Gasteiger partial charge in [0.15, 0.2) is 0 Å². The number of nitrogens with one attached hydrogen (secondary N) is 1. The van der Waals surface area contributed by atoms with Gasteiger partial charge in [-0.3, -0.25) is 9.59 Å². The topological polar surface area (TPSA) is 92.1 Å². The molecule has 6 nitrogen and oxygen atoms in total. The number of hydrogen-bond acceptors (Lipinski definition) is 6. The Hall–Kier alpha value is -1.09. The van der Waals surface area contributed by atoms with Gasteiger partial charge in [0.25, 0.3) is 5.56 Å². The fraction of sp³-hybridized carbons (Fsp3) is 0.611. The average Bonchev–Trinajstić information content (AvgIpc) is 3.29. The number of likely N-dealkylation sites (tertiary alicyclic amines) is 1. The molecule has 2 aromatic rings. The lowest BCUT2D eigenvalue weighted by Gasteiger charge is -2.22. The molecule has 3 heterocycles. The average molecular weight is 429 g/mol. The molecule has 0 saturated carbocycles. The van der Waals surface area contributed by atoms with Crippen molar-refractivity contribution in [2.75, 3.05) is 25.4 Å². The summed E-state index contributed by atoms with van der Waals surface area (Å²) in [6.07, 6.45) is 4.15. The molecule has 1 aliphatic heterocycles. The fourth-order valence-electron chi connectivity index (χ4n) is 3.84. The third-order valence-electron chi connectivity index (χ3n) is 5.49. The molecule has 1 aliphatic carbocycles. The first-order chi connectivity index (χ1) is 12.5. The highest BCUT2D eigenvalue weighted by Gasteiger charge is 2.34. The van der Waals surface area contributed by atoms with E-state index in [4.69, 9.17) is 5.73 Å². The molecule has 0 bridgehead atoms. The van der Waals surface area contributed by atoms with Crippen molar-refractivity contribution < 1.29 is 4.79 Å². The normalized spacial score (nSPS) is 21.5. The van der Waals surface area contributed by atoms with Crippen molar-refractivity contribution in [3.05, 3.63) is 26.6 Å². The fourth-order valence-corrected chi connectivity index (χ4v) is 5.92. The van der Waals surface area contributed by atoms with Crippen molar-refractivity contribution in [3.63, 3.8) is 0 Å². The highest BCUT2D eigenvalue weighted by atomic mass is 35.5. The van der Waals surface area contributed by atoms with Gasteiger partial charge in [-0.15, -0.1) is 35.5 Å². The molecular weight excluding hydrogens is 404 g/mol. The van der Waals surface area contributed by atoms with Crippen LogP contribution in [-0.2, 0) is 23.4 Å². The van der Waals surface area contributed by atoms with Crippen molar-refractivity contribution in [2.24, 2.45) is 11.1 Å². The lowest BCUT2D eigenvalue weighted by atomic mass is 9.90. The van der Waals surface area contributed by atoms with Crippen LogP contribution in [0.3, 0.4) is 0 Å². The predicted molar refractivity (Wildman–Crippen MR) is 114 cm³/mol. The number of fused-ring (bicyclic) bond motifs is 3. The summed E-state index contributed by atoms with van der Waals surface area (Å²) in [7, 11) is 0. The third-order valence-corrected chi connectivity index (χ3v) is 7.61. The number of nitrogens with zero attached hydrogens (tertiary/aromatic N) is 2. The molecule has 148 valence electrons. The molecule has 1 saturated heterocycles. The Morgan fingerprint density at radius 2 is 2.26 bits per heavy atom. The van der Waals surface area contributed by atoms with E-state index in [0.717, 1.165) is 49.0 Å². The van der Waals surface area contributed by atoms with Gasteiger partial charge in [0.2, 0.25) is 5.91 Å². The number of aromatic amines is 1. The van der Waals surface area contributed by atoms with Crippen LogP contribution in [0.4, 0.5) is 0 Å². The van der Waals surface area contributed by atoms with E-state index in [1.165, 1.54) is 22.2 Å². The lowest BCUT2D eigenvalue weighted by Crippen LogP contribution is -2.35. The molecule has 1 unspecified atom stereocenters. The Morgan fingerprint density at radius 3 is 3.00 bits per heavy atom. The van der Waals surface area contributed by atoms with E-state index in [9.17, 15) is 9.59 Å². The first kappa shape index (κ1) is 20.6. The quantitative estimate of drug-likeness (QED) is 0.762. The van der Waals surface area contributed by atoms with Crippen LogP contribution in [0.2, 0.25) is 0 Å². The summed E-state index contributed by atoms with van der Waals surface area (Å²) in [5.41, 5.74) is 7.03. The number of thiophene rings is 1. The van der Waals surface area contributed by atoms with E-state index in [-0.39, 0.29) is 29.3 Å². The zero-order chi connectivity index (χ0) is 18.3. The second-order valence-corrected chi connectivity index (χ2v) is 9.69. The summed E-state index contributed by atoms with van der Waals surface area (Å²) in [5.74, 6) is 1.75. The number of aromatic nitrogens is 2. The first-order valence-corrected chi connectivity index (χ1v) is 11.1. The Kier molecular flexibility index (Phi) is 6.20. The largest absolute Gasteiger partial charge is 0.341 e. The number of rotatable bonds is 5. The van der Waals surface area contributed by atoms with Crippen LogP contribution >= 0.6 is 35.5 Å². The van der Waals surface area contributed by atoms with Crippen molar-refractivity contribution >= 4 is 51.6 Å². The van der Waals surface area contributed by atoms with Crippen molar-refractivity contribution in [1.29, 1.82) is 0 Å². The molecular formula is C18H25ClN4O2S2. The number of aryl methyl sites for hydroxylation is 2. The summed E-state index contributed by atoms with van der Waals surface area (Å²) in [5, 5.41) is 0.783. The van der Waals surface area contributed by atoms with Crippen molar-refractivity contribution in [2.45, 2.75) is 38.4 Å². The van der Waals surface area contributed by atoms with Gasteiger partial charge in [-0.25, -0.2) is 4.98 Å². The molecule has 1 amide bonds. The Bertz CT molecular complexity index is 913. The maximum atomic E-state index is 12.4. The zero-order valence-electron chi connectivity index (χ0n) is 15.4. The molecule has 2 aliphatic rings. The Balaban J connectivity index is 0.00000210. The maximum absolute atomic E-state index is 12.4. The number of carbonyl (C=O) groups excluding carboxylic acids is 1. The van der Waals surface area contributed by atoms with Crippen LogP contribution in [0.15, 0.2) is 4.79 Å². The summed E-state index contributed by atoms with van der Waals surface area (Å²) >= 11 is 3.16. The number of H-pyrrole nitrogens is 1. The van der Waals surface area contributed by atoms with Gasteiger partial charge in [-0.05, 0) is 43.2 Å². The van der Waals surface area contributed by atoms with E-state index < -0.39 is 0 Å². The number of amides is 1. The third kappa shape index (κ3) is 4.04. The van der Waals surface area contributed by atoms with E-state index in [0.29, 0.717) is 23.9 Å². The van der Waals surface area contributed by atoms with Gasteiger partial charge in [-0.2, -0.15) is 0 Å². The van der Waals surface area contributed by atoms with Crippen LogP contribution in [0.1, 0.15) is 36.0 Å². The minimum Gasteiger partial charge on any atom is -0.341 e. The Morgan fingerprint density at radius 1 is 1.44 bits per heavy atom. The van der Waals surface area contributed by atoms with E-state index in [2.05, 4.69) is 16.9 Å². The highest BCUT2D eigenvalue weighted by Crippen LogP contribution is 2.34. The lowest BCUT2D eigenvalue weighted by molar-refractivity contribution is -0.127. The van der Waals surface area contributed by atoms with Crippen LogP contribution in [0, 0.1) is 5.41 Å². The minimum absolute atomic E-state index is 0. The smallest absolute Gasteiger partial charge is 0.259 e. The minimum atomic E-state index is -0.0328. The standard InChI is InChI=1S/C18H24N4O2S2.ClH/c1-18(9-19)5-6-22(10-18)14(23)8-25-7-13-20-16(24)15-11-3-2-4-12(11)26-17(15)21-13;/h2-10,19H2,1H3,(H,20,21,24);1H. The summed E-state index contributed by atoms with van der Waals surface area (Å²) in [6.45, 7) is 4.27. The summed E-state index contributed by atoms with van der Waals surface area (Å²) in [4.78, 5) is 36.4. The predicted octanol–water partition coefficient (Wildman–Crippen LogP) is 2.33. The SMILES string of the molecule is CC1(CN)CCN(C(=O)CSCc2nc3sc4c(c3c(=O)[nH]2)CCC4)C1.Cl. The second-order valence-electron chi connectivity index (χ2n) is 7.62. The second kappa shape index (κ2) is 8.11. The number of thioether (sulfide) groups is 1. The molecule has 1 atom stereocenters. The monoisotopic (exact) mass is 428 g/mol. The highest BCUT2D eigenvalue weighted by molar-refractivity contribution is 7.99. The first-order valence-electron chi connectivity index (χ1n) is 9.08. The van der Waals surface area contributed by atoms with E-state index in [1.54, 1.807) is 11.3 Å². The van der Waals surface area contributed by atoms with Gasteiger partial charge in [0.1, 0.15) is 10.7 Å². The number of hydrogen-bond donors (Lipinski definition) is 2. The molecule has 1 fully saturated rings. The number of halogens is 1. The van der Waals surface area contributed by atoms with Gasteiger partial charge in [-0.1, -0.05) is 6.92 Å². The molecule has 2 aromatic heterocycles. The number of carbonyl (C=O) groups is 1. The number of nitrogens with two attached hydrogens (primary N) is 1. The maximum Gasteiger partial charge on any atom is 0.259 e. The van der Waals surface area contributed by atoms with Crippen LogP contribution in [0.5, 0.6) is 0 Å².